The molecule has 0 N–H and O–H groups in total. The Morgan fingerprint density at radius 1 is 1.08 bits per heavy atom. The van der Waals surface area contributed by atoms with Crippen LogP contribution in [0.2, 0.25) is 0 Å². The summed E-state index contributed by atoms with van der Waals surface area (Å²) in [4.78, 5) is 17.7. The summed E-state index contributed by atoms with van der Waals surface area (Å²) in [6.45, 7) is 4.30. The lowest BCUT2D eigenvalue weighted by molar-refractivity contribution is -0.239. The molecule has 134 valence electrons. The normalized spacial score (nSPS) is 10.5. The van der Waals surface area contributed by atoms with Gasteiger partial charge >= 0.3 is 0 Å². The van der Waals surface area contributed by atoms with Gasteiger partial charge in [-0.2, -0.15) is 4.89 Å². The van der Waals surface area contributed by atoms with Gasteiger partial charge in [-0.25, -0.2) is 4.98 Å². The van der Waals surface area contributed by atoms with Crippen molar-refractivity contribution in [3.63, 3.8) is 0 Å². The topological polar surface area (TPSA) is 66.6 Å². The van der Waals surface area contributed by atoms with Crippen LogP contribution in [0, 0.1) is 0 Å². The number of aromatic nitrogens is 2. The molecule has 0 unspecified atom stereocenters. The van der Waals surface area contributed by atoms with Gasteiger partial charge in [0, 0.05) is 29.9 Å². The standard InChI is InChI=1S/C20H20N2O4/c1-15(26-23-2)4-3-13-24-18-7-5-16(6-8-18)19-14-22-20(25-19)17-9-11-21-12-10-17/h5-12,14H,1,3-4,13H2,2H3. The molecule has 0 saturated heterocycles. The fourth-order valence-electron chi connectivity index (χ4n) is 2.37. The first-order valence-corrected chi connectivity index (χ1v) is 8.24. The van der Waals surface area contributed by atoms with E-state index in [4.69, 9.17) is 14.0 Å². The van der Waals surface area contributed by atoms with Gasteiger partial charge in [-0.1, -0.05) is 6.58 Å². The molecule has 0 amide bonds. The smallest absolute Gasteiger partial charge is 0.226 e. The van der Waals surface area contributed by atoms with Gasteiger partial charge in [0.2, 0.25) is 5.89 Å². The zero-order valence-corrected chi connectivity index (χ0v) is 14.6. The Kier molecular flexibility index (Phi) is 6.01. The molecule has 2 heterocycles. The molecule has 0 fully saturated rings. The molecular formula is C20H20N2O4. The Morgan fingerprint density at radius 3 is 2.58 bits per heavy atom. The second-order valence-corrected chi connectivity index (χ2v) is 5.53. The molecule has 0 aliphatic carbocycles. The highest BCUT2D eigenvalue weighted by atomic mass is 17.2. The molecule has 0 spiro atoms. The minimum absolute atomic E-state index is 0.569. The van der Waals surface area contributed by atoms with E-state index in [0.29, 0.717) is 30.4 Å². The predicted molar refractivity (Wildman–Crippen MR) is 97.1 cm³/mol. The van der Waals surface area contributed by atoms with Gasteiger partial charge in [0.15, 0.2) is 5.76 Å². The SMILES string of the molecule is C=C(CCCOc1ccc(-c2cnc(-c3ccncc3)o2)cc1)OOC. The quantitative estimate of drug-likeness (QED) is 0.242. The van der Waals surface area contributed by atoms with Crippen molar-refractivity contribution in [2.45, 2.75) is 12.8 Å². The first-order valence-electron chi connectivity index (χ1n) is 8.24. The van der Waals surface area contributed by atoms with E-state index >= 15 is 0 Å². The Morgan fingerprint density at radius 2 is 1.85 bits per heavy atom. The van der Waals surface area contributed by atoms with E-state index in [1.165, 1.54) is 7.11 Å². The van der Waals surface area contributed by atoms with Gasteiger partial charge in [-0.3, -0.25) is 4.98 Å². The van der Waals surface area contributed by atoms with Crippen molar-refractivity contribution in [2.75, 3.05) is 13.7 Å². The summed E-state index contributed by atoms with van der Waals surface area (Å²) in [7, 11) is 1.46. The van der Waals surface area contributed by atoms with Crippen LogP contribution in [0.25, 0.3) is 22.8 Å². The number of pyridine rings is 1. The van der Waals surface area contributed by atoms with Crippen molar-refractivity contribution in [2.24, 2.45) is 0 Å². The van der Waals surface area contributed by atoms with Gasteiger partial charge in [-0.15, -0.1) is 0 Å². The second-order valence-electron chi connectivity index (χ2n) is 5.53. The van der Waals surface area contributed by atoms with Crippen molar-refractivity contribution < 1.29 is 18.9 Å². The Balaban J connectivity index is 1.55. The van der Waals surface area contributed by atoms with Crippen molar-refractivity contribution in [1.29, 1.82) is 0 Å². The number of nitrogens with zero attached hydrogens (tertiary/aromatic N) is 2. The van der Waals surface area contributed by atoms with Gasteiger partial charge < -0.3 is 14.0 Å². The van der Waals surface area contributed by atoms with E-state index < -0.39 is 0 Å². The van der Waals surface area contributed by atoms with Crippen LogP contribution in [-0.4, -0.2) is 23.7 Å². The largest absolute Gasteiger partial charge is 0.494 e. The van der Waals surface area contributed by atoms with Crippen molar-refractivity contribution in [3.05, 3.63) is 67.3 Å². The number of hydrogen-bond donors (Lipinski definition) is 0. The molecule has 3 rings (SSSR count). The lowest BCUT2D eigenvalue weighted by Crippen LogP contribution is -1.99. The van der Waals surface area contributed by atoms with Crippen LogP contribution in [0.15, 0.2) is 71.7 Å². The van der Waals surface area contributed by atoms with Crippen LogP contribution in [0.1, 0.15) is 12.8 Å². The lowest BCUT2D eigenvalue weighted by atomic mass is 10.2. The minimum atomic E-state index is 0.569. The minimum Gasteiger partial charge on any atom is -0.494 e. The molecule has 0 aliphatic rings. The third kappa shape index (κ3) is 4.70. The average molecular weight is 352 g/mol. The molecule has 0 bridgehead atoms. The van der Waals surface area contributed by atoms with E-state index in [1.54, 1.807) is 18.6 Å². The predicted octanol–water partition coefficient (Wildman–Crippen LogP) is 4.65. The van der Waals surface area contributed by atoms with Crippen LogP contribution in [-0.2, 0) is 9.78 Å². The molecule has 26 heavy (non-hydrogen) atoms. The monoisotopic (exact) mass is 352 g/mol. The van der Waals surface area contributed by atoms with E-state index in [1.807, 2.05) is 36.4 Å². The lowest BCUT2D eigenvalue weighted by Gasteiger charge is -2.07. The summed E-state index contributed by atoms with van der Waals surface area (Å²) in [5, 5.41) is 0. The highest BCUT2D eigenvalue weighted by molar-refractivity contribution is 5.61. The van der Waals surface area contributed by atoms with Gasteiger partial charge in [0.05, 0.1) is 19.9 Å². The summed E-state index contributed by atoms with van der Waals surface area (Å²) in [5.74, 6) is 2.65. The van der Waals surface area contributed by atoms with E-state index in [0.717, 1.165) is 23.3 Å². The molecule has 1 aromatic carbocycles. The third-order valence-corrected chi connectivity index (χ3v) is 3.64. The third-order valence-electron chi connectivity index (χ3n) is 3.64. The number of ether oxygens (including phenoxy) is 1. The Hall–Kier alpha value is -3.12. The second kappa shape index (κ2) is 8.82. The zero-order valence-electron chi connectivity index (χ0n) is 14.6. The number of hydrogen-bond acceptors (Lipinski definition) is 6. The molecule has 6 heteroatoms. The van der Waals surface area contributed by atoms with Crippen LogP contribution >= 0.6 is 0 Å². The Bertz CT molecular complexity index is 829. The molecule has 3 aromatic rings. The maximum Gasteiger partial charge on any atom is 0.226 e. The highest BCUT2D eigenvalue weighted by Gasteiger charge is 2.08. The first-order chi connectivity index (χ1) is 12.8. The van der Waals surface area contributed by atoms with E-state index in [9.17, 15) is 0 Å². The maximum absolute atomic E-state index is 5.83. The first kappa shape index (κ1) is 17.7. The van der Waals surface area contributed by atoms with Gasteiger partial charge in [0.25, 0.3) is 0 Å². The summed E-state index contributed by atoms with van der Waals surface area (Å²) < 4.78 is 11.5. The zero-order chi connectivity index (χ0) is 18.2. The fraction of sp³-hybridized carbons (Fsp3) is 0.200. The molecule has 2 aromatic heterocycles. The van der Waals surface area contributed by atoms with Crippen molar-refractivity contribution in [3.8, 4) is 28.5 Å². The van der Waals surface area contributed by atoms with Crippen LogP contribution in [0.3, 0.4) is 0 Å². The van der Waals surface area contributed by atoms with Crippen LogP contribution in [0.4, 0.5) is 0 Å². The molecule has 0 radical (unpaired) electrons. The Labute approximate surface area is 152 Å². The molecular weight excluding hydrogens is 332 g/mol. The maximum atomic E-state index is 5.83. The van der Waals surface area contributed by atoms with Gasteiger partial charge in [-0.05, 0) is 42.8 Å². The van der Waals surface area contributed by atoms with Gasteiger partial charge in [0.1, 0.15) is 11.5 Å². The summed E-state index contributed by atoms with van der Waals surface area (Å²) in [6, 6.07) is 11.4. The summed E-state index contributed by atoms with van der Waals surface area (Å²) in [6.07, 6.45) is 6.61. The molecule has 6 nitrogen and oxygen atoms in total. The van der Waals surface area contributed by atoms with Crippen LogP contribution < -0.4 is 4.74 Å². The molecule has 0 aliphatic heterocycles. The van der Waals surface area contributed by atoms with Crippen molar-refractivity contribution in [1.82, 2.24) is 9.97 Å². The highest BCUT2D eigenvalue weighted by Crippen LogP contribution is 2.27. The number of allylic oxidation sites excluding steroid dienone is 1. The summed E-state index contributed by atoms with van der Waals surface area (Å²) in [5.41, 5.74) is 1.83. The van der Waals surface area contributed by atoms with Crippen LogP contribution in [0.5, 0.6) is 5.75 Å². The van der Waals surface area contributed by atoms with E-state index in [-0.39, 0.29) is 0 Å². The molecule has 0 saturated carbocycles. The van der Waals surface area contributed by atoms with Crippen molar-refractivity contribution >= 4 is 0 Å². The number of benzene rings is 1. The number of rotatable bonds is 9. The fourth-order valence-corrected chi connectivity index (χ4v) is 2.37. The average Bonchev–Trinajstić information content (AvgIpc) is 3.17. The van der Waals surface area contributed by atoms with E-state index in [2.05, 4.69) is 21.4 Å². The molecule has 0 atom stereocenters. The number of oxazole rings is 1. The summed E-state index contributed by atoms with van der Waals surface area (Å²) >= 11 is 0.